The van der Waals surface area contributed by atoms with Gasteiger partial charge in [0.1, 0.15) is 73.1 Å². The van der Waals surface area contributed by atoms with E-state index in [-0.39, 0.29) is 6.42 Å². The molecule has 0 aromatic rings. The summed E-state index contributed by atoms with van der Waals surface area (Å²) in [7, 11) is 0. The van der Waals surface area contributed by atoms with Crippen LogP contribution in [0.15, 0.2) is 0 Å². The zero-order valence-corrected chi connectivity index (χ0v) is 45.0. The number of aliphatic hydroxyl groups excluding tert-OH is 3. The number of carboxylic acid groups (broad SMARTS) is 2. The second-order valence-electron chi connectivity index (χ2n) is 19.2. The van der Waals surface area contributed by atoms with Crippen LogP contribution in [0, 0.1) is 17.8 Å². The molecule has 0 aliphatic carbocycles. The number of nitrogens with one attached hydrogen (secondary N) is 11. The molecule has 0 aliphatic heterocycles. The Morgan fingerprint density at radius 2 is 0.724 bits per heavy atom. The van der Waals surface area contributed by atoms with Gasteiger partial charge in [0, 0.05) is 6.42 Å². The molecule has 0 unspecified atom stereocenters. The lowest BCUT2D eigenvalue weighted by atomic mass is 9.95. The molecule has 0 aromatic carbocycles. The molecule has 0 bridgehead atoms. The van der Waals surface area contributed by atoms with Crippen molar-refractivity contribution in [1.29, 1.82) is 0 Å². The predicted molar refractivity (Wildman–Crippen MR) is 266 cm³/mol. The van der Waals surface area contributed by atoms with Crippen molar-refractivity contribution >= 4 is 76.9 Å². The fraction of sp³-hybridized carbons (Fsp3) is 0.717. The Hall–Kier alpha value is -7.05. The van der Waals surface area contributed by atoms with Gasteiger partial charge >= 0.3 is 11.9 Å². The SMILES string of the molecule is CC[C@H](C)[C@H](NC(=O)[C@@H](NC(=O)[C@@H](NC(=O)[C@H](C)NC(=O)[C@@H](NC(=O)[C@H](CO)NC(=O)[C@H](C)NC(=O)[C@H](C)NC(=O)[C@H](C)NC(=O)[C@H](CCC(=O)O)NC(=O)[C@@H]([NH3+])CO)[C@@H](C)O)C(C)C)C(C)C)C(=O)N[C@@H](C)C(=O)O. The lowest BCUT2D eigenvalue weighted by Crippen LogP contribution is -2.70. The minimum atomic E-state index is -1.80. The lowest BCUT2D eigenvalue weighted by molar-refractivity contribution is -0.409. The summed E-state index contributed by atoms with van der Waals surface area (Å²) in [5, 5.41) is 73.8. The van der Waals surface area contributed by atoms with E-state index in [1.165, 1.54) is 34.6 Å². The van der Waals surface area contributed by atoms with E-state index in [0.29, 0.717) is 6.42 Å². The van der Waals surface area contributed by atoms with Gasteiger partial charge in [-0.3, -0.25) is 62.3 Å². The monoisotopic (exact) mass is 1090 g/mol. The molecule has 76 heavy (non-hydrogen) atoms. The molecule has 0 fully saturated rings. The zero-order valence-electron chi connectivity index (χ0n) is 45.0. The summed E-state index contributed by atoms with van der Waals surface area (Å²) < 4.78 is 0. The number of amides is 11. The second-order valence-corrected chi connectivity index (χ2v) is 19.2. The standard InChI is InChI=1S/C46H80N12O18/c1-13-20(6)33(44(73)52-25(11)46(75)76)57-43(72)32(19(4)5)56-42(71)31(18(2)3)55-38(67)24(10)51-45(74)34(26(12)61)58-41(70)29(17-60)54-37(66)23(9)49-35(64)21(7)48-36(65)22(8)50-40(69)28(14-15-30(62)63)53-39(68)27(47)16-59/h18-29,31-34,59-61H,13-17,47H2,1-12H3,(H,48,65)(H,49,64)(H,50,69)(H,51,74)(H,52,73)(H,53,68)(H,54,66)(H,55,67)(H,56,71)(H,57,72)(H,58,70)(H,62,63)(H,75,76)/p+1/t20-,21-,22-,23-,24-,25-,26+,27-,28-,29-,31-,32-,33-,34-/m0/s1. The number of carbonyl (C=O) groups is 13. The first-order valence-corrected chi connectivity index (χ1v) is 24.7. The summed E-state index contributed by atoms with van der Waals surface area (Å²) in [5.41, 5.74) is 3.41. The van der Waals surface area contributed by atoms with Crippen molar-refractivity contribution in [2.45, 2.75) is 181 Å². The van der Waals surface area contributed by atoms with E-state index in [1.54, 1.807) is 41.5 Å². The Balaban J connectivity index is 5.74. The van der Waals surface area contributed by atoms with Crippen molar-refractivity contribution in [3.05, 3.63) is 0 Å². The maximum absolute atomic E-state index is 13.7. The van der Waals surface area contributed by atoms with Gasteiger partial charge in [-0.25, -0.2) is 0 Å². The predicted octanol–water partition coefficient (Wildman–Crippen LogP) is -7.30. The first-order chi connectivity index (χ1) is 35.1. The van der Waals surface area contributed by atoms with Crippen LogP contribution in [0.1, 0.15) is 102 Å². The van der Waals surface area contributed by atoms with Gasteiger partial charge < -0.3 is 89.8 Å². The van der Waals surface area contributed by atoms with Crippen molar-refractivity contribution in [2.24, 2.45) is 17.8 Å². The molecule has 0 saturated carbocycles. The Labute approximate surface area is 440 Å². The minimum absolute atomic E-state index is 0.378. The van der Waals surface area contributed by atoms with Crippen LogP contribution in [0.4, 0.5) is 0 Å². The van der Waals surface area contributed by atoms with Gasteiger partial charge in [0.05, 0.1) is 12.7 Å². The van der Waals surface area contributed by atoms with Crippen LogP contribution in [0.5, 0.6) is 0 Å². The van der Waals surface area contributed by atoms with E-state index in [2.05, 4.69) is 64.2 Å². The van der Waals surface area contributed by atoms with Crippen LogP contribution in [-0.4, -0.2) is 194 Å². The van der Waals surface area contributed by atoms with E-state index in [9.17, 15) is 82.8 Å². The smallest absolute Gasteiger partial charge is 0.325 e. The van der Waals surface area contributed by atoms with Crippen LogP contribution < -0.4 is 64.2 Å². The molecule has 0 saturated heterocycles. The van der Waals surface area contributed by atoms with E-state index in [1.807, 2.05) is 0 Å². The molecule has 30 heteroatoms. The summed E-state index contributed by atoms with van der Waals surface area (Å²) in [6.07, 6.45) is -2.14. The summed E-state index contributed by atoms with van der Waals surface area (Å²) in [6, 6.07) is -16.7. The molecule has 19 N–H and O–H groups in total. The van der Waals surface area contributed by atoms with Gasteiger partial charge in [-0.1, -0.05) is 48.0 Å². The van der Waals surface area contributed by atoms with Crippen molar-refractivity contribution in [2.75, 3.05) is 13.2 Å². The van der Waals surface area contributed by atoms with E-state index >= 15 is 0 Å². The van der Waals surface area contributed by atoms with Gasteiger partial charge in [-0.05, 0) is 65.7 Å². The first kappa shape index (κ1) is 69.0. The first-order valence-electron chi connectivity index (χ1n) is 24.7. The largest absolute Gasteiger partial charge is 0.481 e. The number of aliphatic carboxylic acids is 2. The van der Waals surface area contributed by atoms with Gasteiger partial charge in [0.25, 0.3) is 5.91 Å². The number of carbonyl (C=O) groups excluding carboxylic acids is 11. The quantitative estimate of drug-likeness (QED) is 0.0290. The fourth-order valence-corrected chi connectivity index (χ4v) is 6.52. The highest BCUT2D eigenvalue weighted by atomic mass is 16.4. The maximum atomic E-state index is 13.7. The topological polar surface area (TPSA) is 483 Å². The molecule has 432 valence electrons. The van der Waals surface area contributed by atoms with Crippen molar-refractivity contribution < 1.29 is 93.6 Å². The zero-order chi connectivity index (χ0) is 59.1. The number of quaternary nitrogens is 1. The van der Waals surface area contributed by atoms with Gasteiger partial charge in [0.2, 0.25) is 59.1 Å². The molecular weight excluding hydrogens is 1010 g/mol. The van der Waals surface area contributed by atoms with E-state index in [0.717, 1.165) is 6.92 Å². The van der Waals surface area contributed by atoms with E-state index in [4.69, 9.17) is 5.11 Å². The minimum Gasteiger partial charge on any atom is -0.481 e. The molecule has 0 aliphatic rings. The second kappa shape index (κ2) is 33.1. The van der Waals surface area contributed by atoms with E-state index < -0.39 is 193 Å². The maximum Gasteiger partial charge on any atom is 0.325 e. The number of hydrogen-bond donors (Lipinski definition) is 17. The molecule has 14 atom stereocenters. The van der Waals surface area contributed by atoms with Crippen LogP contribution in [0.25, 0.3) is 0 Å². The Bertz CT molecular complexity index is 2080. The van der Waals surface area contributed by atoms with Crippen LogP contribution in [-0.2, 0) is 62.3 Å². The van der Waals surface area contributed by atoms with Gasteiger partial charge in [-0.15, -0.1) is 0 Å². The summed E-state index contributed by atoms with van der Waals surface area (Å²) >= 11 is 0. The highest BCUT2D eigenvalue weighted by Crippen LogP contribution is 2.12. The number of aliphatic hydroxyl groups is 3. The Morgan fingerprint density at radius 3 is 1.12 bits per heavy atom. The average Bonchev–Trinajstić information content (AvgIpc) is 3.34. The Kier molecular flexibility index (Phi) is 30.0. The van der Waals surface area contributed by atoms with Crippen LogP contribution in [0.2, 0.25) is 0 Å². The van der Waals surface area contributed by atoms with Gasteiger partial charge in [-0.2, -0.15) is 0 Å². The molecule has 30 nitrogen and oxygen atoms in total. The summed E-state index contributed by atoms with van der Waals surface area (Å²) in [6.45, 7) is 15.3. The highest BCUT2D eigenvalue weighted by molar-refractivity contribution is 5.99. The average molecular weight is 1090 g/mol. The van der Waals surface area contributed by atoms with Crippen molar-refractivity contribution in [3.8, 4) is 0 Å². The summed E-state index contributed by atoms with van der Waals surface area (Å²) in [5.74, 6) is -14.4. The molecule has 11 amide bonds. The number of rotatable bonds is 33. The third-order valence-corrected chi connectivity index (χ3v) is 11.8. The molecular formula is C46H81N12O18+. The highest BCUT2D eigenvalue weighted by Gasteiger charge is 2.37. The molecule has 0 rings (SSSR count). The lowest BCUT2D eigenvalue weighted by Gasteiger charge is -2.30. The number of carboxylic acids is 2. The third-order valence-electron chi connectivity index (χ3n) is 11.8. The normalized spacial score (nSPS) is 16.7. The van der Waals surface area contributed by atoms with Crippen LogP contribution in [0.3, 0.4) is 0 Å². The summed E-state index contributed by atoms with van der Waals surface area (Å²) in [4.78, 5) is 167. The Morgan fingerprint density at radius 1 is 0.395 bits per heavy atom. The fourth-order valence-electron chi connectivity index (χ4n) is 6.52. The van der Waals surface area contributed by atoms with Crippen molar-refractivity contribution in [3.63, 3.8) is 0 Å². The molecule has 0 aromatic heterocycles. The van der Waals surface area contributed by atoms with Crippen LogP contribution >= 0.6 is 0 Å². The van der Waals surface area contributed by atoms with Gasteiger partial charge in [0.15, 0.2) is 6.04 Å². The third kappa shape index (κ3) is 23.2. The van der Waals surface area contributed by atoms with Crippen molar-refractivity contribution in [1.82, 2.24) is 58.5 Å². The molecule has 0 heterocycles. The molecule has 0 radical (unpaired) electrons. The molecule has 0 spiro atoms. The number of hydrogen-bond acceptors (Lipinski definition) is 16.